The first-order valence-corrected chi connectivity index (χ1v) is 6.43. The molecule has 0 fully saturated rings. The van der Waals surface area contributed by atoms with Gasteiger partial charge >= 0.3 is 5.97 Å². The molecule has 0 aliphatic heterocycles. The number of rotatable bonds is 2. The highest BCUT2D eigenvalue weighted by molar-refractivity contribution is 6.41. The Bertz CT molecular complexity index is 816. The van der Waals surface area contributed by atoms with Gasteiger partial charge < -0.3 is 5.11 Å². The third kappa shape index (κ3) is 2.02. The number of nitrogens with zero attached hydrogens (tertiary/aromatic N) is 3. The number of aromatic nitrogens is 4. The van der Waals surface area contributed by atoms with Gasteiger partial charge in [0, 0.05) is 11.1 Å². The molecule has 2 N–H and O–H groups in total. The smallest absolute Gasteiger partial charge is 0.353 e. The Morgan fingerprint density at radius 1 is 1.15 bits per heavy atom. The fraction of sp³-hybridized carbons (Fsp3) is 0. The second-order valence-corrected chi connectivity index (χ2v) is 5.19. The Hall–Kier alpha value is -1.76. The SMILES string of the molecule is O=C(O)c1cc2nnc(-c3c(Cl)cc(Cl)cc3Cl)n2[nH]1. The van der Waals surface area contributed by atoms with Crippen molar-refractivity contribution in [3.63, 3.8) is 0 Å². The number of halogens is 3. The minimum atomic E-state index is -1.10. The van der Waals surface area contributed by atoms with E-state index in [0.29, 0.717) is 32.1 Å². The number of hydrogen-bond donors (Lipinski definition) is 2. The van der Waals surface area contributed by atoms with Crippen LogP contribution in [-0.2, 0) is 0 Å². The van der Waals surface area contributed by atoms with E-state index >= 15 is 0 Å². The monoisotopic (exact) mass is 330 g/mol. The van der Waals surface area contributed by atoms with E-state index in [1.54, 1.807) is 0 Å². The standard InChI is InChI=1S/C11H5Cl3N4O2/c12-4-1-5(13)9(6(14)2-4)10-16-15-8-3-7(11(19)20)17-18(8)10/h1-3,17H,(H,19,20). The molecule has 2 aromatic heterocycles. The number of carboxylic acids is 1. The molecule has 102 valence electrons. The molecule has 0 bridgehead atoms. The third-order valence-electron chi connectivity index (χ3n) is 2.65. The van der Waals surface area contributed by atoms with Crippen LogP contribution >= 0.6 is 34.8 Å². The Balaban J connectivity index is 2.27. The fourth-order valence-electron chi connectivity index (χ4n) is 1.81. The Morgan fingerprint density at radius 2 is 1.80 bits per heavy atom. The maximum atomic E-state index is 10.9. The van der Waals surface area contributed by atoms with Gasteiger partial charge in [-0.05, 0) is 12.1 Å². The van der Waals surface area contributed by atoms with Crippen LogP contribution in [0.1, 0.15) is 10.5 Å². The molecule has 3 aromatic rings. The predicted molar refractivity (Wildman–Crippen MR) is 74.8 cm³/mol. The van der Waals surface area contributed by atoms with E-state index in [0.717, 1.165) is 0 Å². The van der Waals surface area contributed by atoms with E-state index in [9.17, 15) is 4.79 Å². The lowest BCUT2D eigenvalue weighted by Gasteiger charge is -2.05. The summed E-state index contributed by atoms with van der Waals surface area (Å²) in [5.41, 5.74) is 0.751. The summed E-state index contributed by atoms with van der Waals surface area (Å²) in [5, 5.41) is 20.4. The van der Waals surface area contributed by atoms with Crippen LogP contribution in [0, 0.1) is 0 Å². The largest absolute Gasteiger partial charge is 0.477 e. The summed E-state index contributed by atoms with van der Waals surface area (Å²) in [5.74, 6) is -0.797. The number of hydrogen-bond acceptors (Lipinski definition) is 3. The highest BCUT2D eigenvalue weighted by atomic mass is 35.5. The molecular formula is C11H5Cl3N4O2. The molecule has 0 spiro atoms. The van der Waals surface area contributed by atoms with Gasteiger partial charge in [-0.2, -0.15) is 0 Å². The van der Waals surface area contributed by atoms with Gasteiger partial charge in [0.05, 0.1) is 15.6 Å². The molecule has 0 saturated carbocycles. The molecule has 0 atom stereocenters. The quantitative estimate of drug-likeness (QED) is 0.754. The molecule has 0 amide bonds. The summed E-state index contributed by atoms with van der Waals surface area (Å²) in [6.07, 6.45) is 0. The summed E-state index contributed by atoms with van der Waals surface area (Å²) in [4.78, 5) is 10.9. The molecule has 2 heterocycles. The van der Waals surface area contributed by atoms with E-state index < -0.39 is 5.97 Å². The Morgan fingerprint density at radius 3 is 2.40 bits per heavy atom. The van der Waals surface area contributed by atoms with Crippen molar-refractivity contribution in [2.45, 2.75) is 0 Å². The molecule has 1 aromatic carbocycles. The van der Waals surface area contributed by atoms with Crippen molar-refractivity contribution in [3.05, 3.63) is 39.0 Å². The van der Waals surface area contributed by atoms with Crippen LogP contribution in [0.4, 0.5) is 0 Å². The molecule has 9 heteroatoms. The molecule has 0 aliphatic rings. The van der Waals surface area contributed by atoms with Crippen molar-refractivity contribution in [3.8, 4) is 11.4 Å². The number of H-pyrrole nitrogens is 1. The first-order chi connectivity index (χ1) is 9.47. The normalized spacial score (nSPS) is 11.2. The van der Waals surface area contributed by atoms with Crippen LogP contribution in [0.3, 0.4) is 0 Å². The van der Waals surface area contributed by atoms with Gasteiger partial charge in [-0.1, -0.05) is 34.8 Å². The van der Waals surface area contributed by atoms with E-state index in [-0.39, 0.29) is 5.69 Å². The zero-order valence-electron chi connectivity index (χ0n) is 9.56. The molecule has 0 unspecified atom stereocenters. The molecule has 3 rings (SSSR count). The number of nitrogens with one attached hydrogen (secondary N) is 1. The van der Waals surface area contributed by atoms with Crippen LogP contribution in [0.5, 0.6) is 0 Å². The number of benzene rings is 1. The molecule has 20 heavy (non-hydrogen) atoms. The van der Waals surface area contributed by atoms with Crippen molar-refractivity contribution < 1.29 is 9.90 Å². The van der Waals surface area contributed by atoms with Crippen molar-refractivity contribution in [1.82, 2.24) is 19.8 Å². The number of fused-ring (bicyclic) bond motifs is 1. The zero-order chi connectivity index (χ0) is 14.4. The first-order valence-electron chi connectivity index (χ1n) is 5.29. The Labute approximate surface area is 126 Å². The average molecular weight is 332 g/mol. The molecule has 0 aliphatic carbocycles. The molecule has 0 saturated heterocycles. The van der Waals surface area contributed by atoms with Crippen molar-refractivity contribution in [2.24, 2.45) is 0 Å². The number of carboxylic acid groups (broad SMARTS) is 1. The molecule has 0 radical (unpaired) electrons. The lowest BCUT2D eigenvalue weighted by molar-refractivity contribution is 0.0690. The summed E-state index contributed by atoms with van der Waals surface area (Å²) >= 11 is 18.1. The van der Waals surface area contributed by atoms with Crippen molar-refractivity contribution >= 4 is 46.4 Å². The van der Waals surface area contributed by atoms with E-state index in [4.69, 9.17) is 39.9 Å². The van der Waals surface area contributed by atoms with Crippen LogP contribution in [0.25, 0.3) is 17.0 Å². The fourth-order valence-corrected chi connectivity index (χ4v) is 2.80. The van der Waals surface area contributed by atoms with Gasteiger partial charge in [-0.25, -0.2) is 9.31 Å². The maximum Gasteiger partial charge on any atom is 0.353 e. The van der Waals surface area contributed by atoms with E-state index in [1.165, 1.54) is 22.7 Å². The van der Waals surface area contributed by atoms with Crippen LogP contribution in [0.2, 0.25) is 15.1 Å². The summed E-state index contributed by atoms with van der Waals surface area (Å²) < 4.78 is 1.39. The van der Waals surface area contributed by atoms with Gasteiger partial charge in [-0.3, -0.25) is 5.10 Å². The molecule has 6 nitrogen and oxygen atoms in total. The van der Waals surface area contributed by atoms with E-state index in [2.05, 4.69) is 15.3 Å². The van der Waals surface area contributed by atoms with Crippen LogP contribution in [-0.4, -0.2) is 30.9 Å². The minimum absolute atomic E-state index is 0.0163. The van der Waals surface area contributed by atoms with Crippen LogP contribution < -0.4 is 0 Å². The minimum Gasteiger partial charge on any atom is -0.477 e. The molecular weight excluding hydrogens is 327 g/mol. The lowest BCUT2D eigenvalue weighted by Crippen LogP contribution is -1.99. The van der Waals surface area contributed by atoms with Crippen molar-refractivity contribution in [2.75, 3.05) is 0 Å². The van der Waals surface area contributed by atoms with Gasteiger partial charge in [0.2, 0.25) is 0 Å². The summed E-state index contributed by atoms with van der Waals surface area (Å²) in [6, 6.07) is 4.40. The first kappa shape index (κ1) is 13.2. The Kier molecular flexibility index (Phi) is 3.08. The average Bonchev–Trinajstić information content (AvgIpc) is 2.89. The van der Waals surface area contributed by atoms with Gasteiger partial charge in [0.15, 0.2) is 11.5 Å². The number of aromatic amines is 1. The number of carbonyl (C=O) groups is 1. The summed E-state index contributed by atoms with van der Waals surface area (Å²) in [7, 11) is 0. The predicted octanol–water partition coefficient (Wildman–Crippen LogP) is 3.38. The van der Waals surface area contributed by atoms with E-state index in [1.807, 2.05) is 0 Å². The van der Waals surface area contributed by atoms with Gasteiger partial charge in [0.1, 0.15) is 5.69 Å². The zero-order valence-corrected chi connectivity index (χ0v) is 11.8. The second kappa shape index (κ2) is 4.66. The van der Waals surface area contributed by atoms with Crippen molar-refractivity contribution in [1.29, 1.82) is 0 Å². The third-order valence-corrected chi connectivity index (χ3v) is 3.47. The topological polar surface area (TPSA) is 83.3 Å². The van der Waals surface area contributed by atoms with Gasteiger partial charge in [-0.15, -0.1) is 10.2 Å². The lowest BCUT2D eigenvalue weighted by atomic mass is 10.2. The van der Waals surface area contributed by atoms with Gasteiger partial charge in [0.25, 0.3) is 0 Å². The summed E-state index contributed by atoms with van der Waals surface area (Å²) in [6.45, 7) is 0. The highest BCUT2D eigenvalue weighted by Crippen LogP contribution is 2.36. The maximum absolute atomic E-state index is 10.9. The second-order valence-electron chi connectivity index (χ2n) is 3.94. The highest BCUT2D eigenvalue weighted by Gasteiger charge is 2.19. The number of aromatic carboxylic acids is 1. The van der Waals surface area contributed by atoms with Crippen LogP contribution in [0.15, 0.2) is 18.2 Å².